The molecule has 8 heteroatoms. The van der Waals surface area contributed by atoms with Crippen LogP contribution in [0.2, 0.25) is 0 Å². The predicted octanol–water partition coefficient (Wildman–Crippen LogP) is 2.53. The zero-order valence-electron chi connectivity index (χ0n) is 14.7. The normalized spacial score (nSPS) is 11.8. The second-order valence-electron chi connectivity index (χ2n) is 5.68. The molecule has 1 aromatic carbocycles. The molecule has 1 atom stereocenters. The lowest BCUT2D eigenvalue weighted by Gasteiger charge is -2.16. The van der Waals surface area contributed by atoms with Gasteiger partial charge in [-0.1, -0.05) is 6.92 Å². The van der Waals surface area contributed by atoms with Gasteiger partial charge in [-0.2, -0.15) is 0 Å². The second-order valence-corrected chi connectivity index (χ2v) is 5.68. The number of aliphatic carboxylic acids is 1. The van der Waals surface area contributed by atoms with Gasteiger partial charge in [0.05, 0.1) is 11.5 Å². The van der Waals surface area contributed by atoms with Crippen molar-refractivity contribution in [1.29, 1.82) is 0 Å². The molecule has 138 valence electrons. The number of benzene rings is 1. The molecule has 0 bridgehead atoms. The fraction of sp³-hybridized carbons (Fsp3) is 0.333. The highest BCUT2D eigenvalue weighted by atomic mass is 16.6. The molecule has 8 nitrogen and oxygen atoms in total. The van der Waals surface area contributed by atoms with Crippen LogP contribution in [-0.2, 0) is 14.4 Å². The molecule has 2 aromatic rings. The molecule has 1 heterocycles. The predicted molar refractivity (Wildman–Crippen MR) is 90.5 cm³/mol. The number of hydrogen-bond donors (Lipinski definition) is 1. The summed E-state index contributed by atoms with van der Waals surface area (Å²) in [5.74, 6) is -3.81. The van der Waals surface area contributed by atoms with Crippen molar-refractivity contribution in [2.75, 3.05) is 0 Å². The lowest BCUT2D eigenvalue weighted by Crippen LogP contribution is -2.21. The van der Waals surface area contributed by atoms with Crippen LogP contribution in [0.4, 0.5) is 0 Å². The van der Waals surface area contributed by atoms with Crippen molar-refractivity contribution < 1.29 is 33.4 Å². The summed E-state index contributed by atoms with van der Waals surface area (Å²) in [5.41, 5.74) is -0.516. The van der Waals surface area contributed by atoms with Gasteiger partial charge in [-0.25, -0.2) is 4.79 Å². The quantitative estimate of drug-likeness (QED) is 0.489. The van der Waals surface area contributed by atoms with E-state index in [1.165, 1.54) is 19.1 Å². The van der Waals surface area contributed by atoms with Crippen molar-refractivity contribution in [2.24, 2.45) is 0 Å². The Labute approximate surface area is 148 Å². The number of esters is 2. The van der Waals surface area contributed by atoms with Gasteiger partial charge in [0.1, 0.15) is 0 Å². The van der Waals surface area contributed by atoms with Crippen LogP contribution in [0, 0.1) is 6.92 Å². The minimum absolute atomic E-state index is 0.0292. The van der Waals surface area contributed by atoms with Crippen LogP contribution in [0.1, 0.15) is 44.2 Å². The zero-order chi connectivity index (χ0) is 19.6. The van der Waals surface area contributed by atoms with Gasteiger partial charge in [-0.15, -0.1) is 0 Å². The molecule has 1 N–H and O–H groups in total. The number of carboxylic acids is 1. The van der Waals surface area contributed by atoms with Gasteiger partial charge in [-0.05, 0) is 31.0 Å². The Kier molecular flexibility index (Phi) is 5.44. The first kappa shape index (κ1) is 19.2. The number of rotatable bonds is 5. The van der Waals surface area contributed by atoms with Crippen molar-refractivity contribution in [1.82, 2.24) is 0 Å². The average Bonchev–Trinajstić information content (AvgIpc) is 2.52. The van der Waals surface area contributed by atoms with Gasteiger partial charge in [0, 0.05) is 19.2 Å². The molecule has 1 unspecified atom stereocenters. The van der Waals surface area contributed by atoms with Crippen molar-refractivity contribution in [2.45, 2.75) is 40.0 Å². The lowest BCUT2D eigenvalue weighted by molar-refractivity contribution is -0.139. The summed E-state index contributed by atoms with van der Waals surface area (Å²) in [6, 6.07) is 2.90. The minimum atomic E-state index is -1.14. The molecule has 2 rings (SSSR count). The first-order valence-corrected chi connectivity index (χ1v) is 7.87. The van der Waals surface area contributed by atoms with Crippen LogP contribution in [0.5, 0.6) is 11.5 Å². The summed E-state index contributed by atoms with van der Waals surface area (Å²) in [5, 5.41) is 9.74. The largest absolute Gasteiger partial charge is 0.481 e. The van der Waals surface area contributed by atoms with E-state index in [0.717, 1.165) is 6.92 Å². The van der Waals surface area contributed by atoms with E-state index >= 15 is 0 Å². The maximum absolute atomic E-state index is 12.5. The number of hydrogen-bond acceptors (Lipinski definition) is 7. The number of aryl methyl sites for hydroxylation is 1. The van der Waals surface area contributed by atoms with E-state index < -0.39 is 29.5 Å². The van der Waals surface area contributed by atoms with Crippen molar-refractivity contribution >= 4 is 28.9 Å². The summed E-state index contributed by atoms with van der Waals surface area (Å²) in [7, 11) is 0. The molecule has 0 aliphatic heterocycles. The first-order valence-electron chi connectivity index (χ1n) is 7.87. The highest BCUT2D eigenvalue weighted by molar-refractivity contribution is 5.92. The molecule has 26 heavy (non-hydrogen) atoms. The van der Waals surface area contributed by atoms with Crippen LogP contribution in [0.15, 0.2) is 21.3 Å². The van der Waals surface area contributed by atoms with Crippen LogP contribution < -0.4 is 15.1 Å². The van der Waals surface area contributed by atoms with Crippen molar-refractivity contribution in [3.8, 4) is 11.5 Å². The summed E-state index contributed by atoms with van der Waals surface area (Å²) >= 11 is 0. The fourth-order valence-corrected chi connectivity index (χ4v) is 2.77. The lowest BCUT2D eigenvalue weighted by atomic mass is 9.92. The van der Waals surface area contributed by atoms with E-state index in [1.54, 1.807) is 13.8 Å². The van der Waals surface area contributed by atoms with Gasteiger partial charge < -0.3 is 19.0 Å². The Hall–Kier alpha value is -3.16. The summed E-state index contributed by atoms with van der Waals surface area (Å²) in [6.07, 6.45) is 0.203. The molecule has 0 saturated carbocycles. The summed E-state index contributed by atoms with van der Waals surface area (Å²) in [6.45, 7) is 5.55. The molecule has 0 amide bonds. The number of fused-ring (bicyclic) bond motifs is 1. The van der Waals surface area contributed by atoms with Gasteiger partial charge in [-0.3, -0.25) is 14.4 Å². The van der Waals surface area contributed by atoms with Crippen LogP contribution in [0.25, 0.3) is 11.0 Å². The maximum Gasteiger partial charge on any atom is 0.340 e. The second kappa shape index (κ2) is 7.38. The van der Waals surface area contributed by atoms with Crippen LogP contribution in [0.3, 0.4) is 0 Å². The van der Waals surface area contributed by atoms with Gasteiger partial charge in [0.2, 0.25) is 5.75 Å². The van der Waals surface area contributed by atoms with E-state index in [0.29, 0.717) is 10.9 Å². The van der Waals surface area contributed by atoms with E-state index in [1.807, 2.05) is 0 Å². The molecule has 0 aliphatic rings. The molecule has 0 saturated heterocycles. The first-order chi connectivity index (χ1) is 12.2. The number of carbonyl (C=O) groups is 3. The number of carboxylic acid groups (broad SMARTS) is 1. The standard InChI is InChI=1S/C18H18O8/c1-5-11(17(21)22)14-8(2)12-6-7-13(24-9(3)19)16(25-10(4)20)15(12)26-18(14)23/h6-7,11H,5H2,1-4H3,(H,21,22). The van der Waals surface area contributed by atoms with E-state index in [9.17, 15) is 24.3 Å². The maximum atomic E-state index is 12.5. The van der Waals surface area contributed by atoms with Crippen molar-refractivity contribution in [3.63, 3.8) is 0 Å². The van der Waals surface area contributed by atoms with Gasteiger partial charge >= 0.3 is 23.5 Å². The third-order valence-corrected chi connectivity index (χ3v) is 3.85. The smallest absolute Gasteiger partial charge is 0.340 e. The third kappa shape index (κ3) is 3.58. The topological polar surface area (TPSA) is 120 Å². The Morgan fingerprint density at radius 3 is 2.27 bits per heavy atom. The molecule has 0 fully saturated rings. The third-order valence-electron chi connectivity index (χ3n) is 3.85. The Balaban J connectivity index is 2.84. The summed E-state index contributed by atoms with van der Waals surface area (Å²) in [4.78, 5) is 46.6. The molecule has 0 aliphatic carbocycles. The zero-order valence-corrected chi connectivity index (χ0v) is 14.7. The SMILES string of the molecule is CCC(C(=O)O)c1c(C)c2ccc(OC(C)=O)c(OC(C)=O)c2oc1=O. The Bertz CT molecular complexity index is 954. The summed E-state index contributed by atoms with van der Waals surface area (Å²) < 4.78 is 15.4. The fourth-order valence-electron chi connectivity index (χ4n) is 2.77. The number of ether oxygens (including phenoxy) is 2. The van der Waals surface area contributed by atoms with Gasteiger partial charge in [0.25, 0.3) is 0 Å². The highest BCUT2D eigenvalue weighted by Crippen LogP contribution is 2.38. The highest BCUT2D eigenvalue weighted by Gasteiger charge is 2.27. The Morgan fingerprint density at radius 2 is 1.77 bits per heavy atom. The number of carbonyl (C=O) groups excluding carboxylic acids is 2. The Morgan fingerprint density at radius 1 is 1.15 bits per heavy atom. The van der Waals surface area contributed by atoms with E-state index in [2.05, 4.69) is 0 Å². The molecule has 1 aromatic heterocycles. The van der Waals surface area contributed by atoms with E-state index in [4.69, 9.17) is 13.9 Å². The van der Waals surface area contributed by atoms with Crippen LogP contribution in [-0.4, -0.2) is 23.0 Å². The van der Waals surface area contributed by atoms with Crippen LogP contribution >= 0.6 is 0 Å². The van der Waals surface area contributed by atoms with Gasteiger partial charge in [0.15, 0.2) is 11.3 Å². The average molecular weight is 362 g/mol. The molecule has 0 radical (unpaired) electrons. The molecular weight excluding hydrogens is 344 g/mol. The molecular formula is C18H18O8. The molecule has 0 spiro atoms. The monoisotopic (exact) mass is 362 g/mol. The van der Waals surface area contributed by atoms with Crippen molar-refractivity contribution in [3.05, 3.63) is 33.7 Å². The minimum Gasteiger partial charge on any atom is -0.481 e. The van der Waals surface area contributed by atoms with E-state index in [-0.39, 0.29) is 29.1 Å².